The highest BCUT2D eigenvalue weighted by Crippen LogP contribution is 2.22. The number of aromatic nitrogens is 1. The Hall–Kier alpha value is -1.46. The molecule has 1 aromatic carbocycles. The van der Waals surface area contributed by atoms with E-state index in [1.165, 1.54) is 4.70 Å². The van der Waals surface area contributed by atoms with Crippen LogP contribution in [0, 0.1) is 5.92 Å². The van der Waals surface area contributed by atoms with Crippen LogP contribution >= 0.6 is 11.3 Å². The SMILES string of the molecule is C[C@H]1C[C@@H](C(=O)NCc2nc3ccccc3s2)CCN1. The lowest BCUT2D eigenvalue weighted by Crippen LogP contribution is -2.42. The molecule has 3 rings (SSSR count). The smallest absolute Gasteiger partial charge is 0.223 e. The van der Waals surface area contributed by atoms with Gasteiger partial charge in [0.25, 0.3) is 0 Å². The predicted octanol–water partition coefficient (Wildman–Crippen LogP) is 2.30. The molecule has 1 saturated heterocycles. The highest BCUT2D eigenvalue weighted by molar-refractivity contribution is 7.18. The summed E-state index contributed by atoms with van der Waals surface area (Å²) in [5.74, 6) is 0.304. The minimum Gasteiger partial charge on any atom is -0.349 e. The summed E-state index contributed by atoms with van der Waals surface area (Å²) < 4.78 is 1.17. The summed E-state index contributed by atoms with van der Waals surface area (Å²) in [4.78, 5) is 16.7. The number of amides is 1. The third-order valence-electron chi connectivity index (χ3n) is 3.75. The maximum absolute atomic E-state index is 12.2. The van der Waals surface area contributed by atoms with Crippen LogP contribution in [0.5, 0.6) is 0 Å². The fourth-order valence-corrected chi connectivity index (χ4v) is 3.58. The van der Waals surface area contributed by atoms with Gasteiger partial charge in [0, 0.05) is 12.0 Å². The summed E-state index contributed by atoms with van der Waals surface area (Å²) in [7, 11) is 0. The van der Waals surface area contributed by atoms with E-state index in [1.807, 2.05) is 18.2 Å². The zero-order valence-electron chi connectivity index (χ0n) is 11.6. The number of piperidine rings is 1. The van der Waals surface area contributed by atoms with Crippen LogP contribution in [0.1, 0.15) is 24.8 Å². The monoisotopic (exact) mass is 289 g/mol. The lowest BCUT2D eigenvalue weighted by Gasteiger charge is -2.26. The first-order chi connectivity index (χ1) is 9.72. The van der Waals surface area contributed by atoms with E-state index in [2.05, 4.69) is 28.6 Å². The van der Waals surface area contributed by atoms with Crippen molar-refractivity contribution in [2.24, 2.45) is 5.92 Å². The van der Waals surface area contributed by atoms with E-state index in [4.69, 9.17) is 0 Å². The number of fused-ring (bicyclic) bond motifs is 1. The van der Waals surface area contributed by atoms with Gasteiger partial charge in [-0.1, -0.05) is 12.1 Å². The number of nitrogens with zero attached hydrogens (tertiary/aromatic N) is 1. The molecule has 0 saturated carbocycles. The molecule has 2 N–H and O–H groups in total. The molecule has 1 fully saturated rings. The van der Waals surface area contributed by atoms with Crippen molar-refractivity contribution in [3.8, 4) is 0 Å². The molecule has 0 aliphatic carbocycles. The predicted molar refractivity (Wildman–Crippen MR) is 81.7 cm³/mol. The second kappa shape index (κ2) is 5.89. The minimum absolute atomic E-state index is 0.139. The van der Waals surface area contributed by atoms with Gasteiger partial charge in [0.05, 0.1) is 16.8 Å². The maximum Gasteiger partial charge on any atom is 0.223 e. The van der Waals surface area contributed by atoms with Crippen molar-refractivity contribution < 1.29 is 4.79 Å². The number of rotatable bonds is 3. The van der Waals surface area contributed by atoms with Crippen LogP contribution in [0.4, 0.5) is 0 Å². The van der Waals surface area contributed by atoms with Crippen LogP contribution in [-0.4, -0.2) is 23.5 Å². The molecule has 2 aromatic rings. The molecule has 0 unspecified atom stereocenters. The highest BCUT2D eigenvalue weighted by atomic mass is 32.1. The van der Waals surface area contributed by atoms with Crippen molar-refractivity contribution in [1.29, 1.82) is 0 Å². The summed E-state index contributed by atoms with van der Waals surface area (Å²) in [6.45, 7) is 3.60. The minimum atomic E-state index is 0.139. The Morgan fingerprint density at radius 2 is 2.35 bits per heavy atom. The number of hydrogen-bond donors (Lipinski definition) is 2. The molecule has 5 heteroatoms. The average molecular weight is 289 g/mol. The van der Waals surface area contributed by atoms with Gasteiger partial charge in [0.15, 0.2) is 0 Å². The van der Waals surface area contributed by atoms with Crippen LogP contribution < -0.4 is 10.6 Å². The first-order valence-electron chi connectivity index (χ1n) is 7.08. The third kappa shape index (κ3) is 2.99. The van der Waals surface area contributed by atoms with Crippen molar-refractivity contribution >= 4 is 27.5 Å². The van der Waals surface area contributed by atoms with Gasteiger partial charge in [-0.15, -0.1) is 11.3 Å². The van der Waals surface area contributed by atoms with Crippen LogP contribution in [0.25, 0.3) is 10.2 Å². The molecule has 0 bridgehead atoms. The number of hydrogen-bond acceptors (Lipinski definition) is 4. The molecule has 20 heavy (non-hydrogen) atoms. The van der Waals surface area contributed by atoms with Crippen molar-refractivity contribution in [2.45, 2.75) is 32.4 Å². The zero-order valence-corrected chi connectivity index (χ0v) is 12.4. The van der Waals surface area contributed by atoms with Crippen LogP contribution in [0.2, 0.25) is 0 Å². The second-order valence-electron chi connectivity index (χ2n) is 5.37. The number of thiazole rings is 1. The van der Waals surface area contributed by atoms with Crippen LogP contribution in [0.3, 0.4) is 0 Å². The largest absolute Gasteiger partial charge is 0.349 e. The van der Waals surface area contributed by atoms with Gasteiger partial charge in [-0.05, 0) is 38.4 Å². The fraction of sp³-hybridized carbons (Fsp3) is 0.467. The Bertz CT molecular complexity index is 577. The molecular formula is C15H19N3OS. The van der Waals surface area contributed by atoms with Crippen LogP contribution in [0.15, 0.2) is 24.3 Å². The van der Waals surface area contributed by atoms with E-state index >= 15 is 0 Å². The zero-order chi connectivity index (χ0) is 13.9. The van der Waals surface area contributed by atoms with Gasteiger partial charge < -0.3 is 10.6 Å². The summed E-state index contributed by atoms with van der Waals surface area (Å²) >= 11 is 1.65. The van der Waals surface area contributed by atoms with Gasteiger partial charge in [0.2, 0.25) is 5.91 Å². The molecule has 2 atom stereocenters. The van der Waals surface area contributed by atoms with E-state index in [-0.39, 0.29) is 11.8 Å². The summed E-state index contributed by atoms with van der Waals surface area (Å²) in [6, 6.07) is 8.50. The standard InChI is InChI=1S/C15H19N3OS/c1-10-8-11(6-7-16-10)15(19)17-9-14-18-12-4-2-3-5-13(12)20-14/h2-5,10-11,16H,6-9H2,1H3,(H,17,19)/t10-,11-/m0/s1. The molecular weight excluding hydrogens is 270 g/mol. The molecule has 4 nitrogen and oxygen atoms in total. The lowest BCUT2D eigenvalue weighted by atomic mass is 9.92. The molecule has 106 valence electrons. The van der Waals surface area contributed by atoms with E-state index in [0.29, 0.717) is 12.6 Å². The van der Waals surface area contributed by atoms with Crippen molar-refractivity contribution in [3.05, 3.63) is 29.3 Å². The Morgan fingerprint density at radius 1 is 1.50 bits per heavy atom. The van der Waals surface area contributed by atoms with Crippen LogP contribution in [-0.2, 0) is 11.3 Å². The van der Waals surface area contributed by atoms with Gasteiger partial charge in [-0.2, -0.15) is 0 Å². The molecule has 0 radical (unpaired) electrons. The molecule has 2 heterocycles. The van der Waals surface area contributed by atoms with E-state index in [9.17, 15) is 4.79 Å². The Labute approximate surface area is 122 Å². The third-order valence-corrected chi connectivity index (χ3v) is 4.78. The number of carbonyl (C=O) groups excluding carboxylic acids is 1. The first-order valence-corrected chi connectivity index (χ1v) is 7.89. The second-order valence-corrected chi connectivity index (χ2v) is 6.48. The van der Waals surface area contributed by atoms with E-state index in [0.717, 1.165) is 29.9 Å². The molecule has 1 amide bonds. The quantitative estimate of drug-likeness (QED) is 0.911. The maximum atomic E-state index is 12.2. The van der Waals surface area contributed by atoms with Crippen molar-refractivity contribution in [3.63, 3.8) is 0 Å². The first kappa shape index (κ1) is 13.5. The Morgan fingerprint density at radius 3 is 3.15 bits per heavy atom. The van der Waals surface area contributed by atoms with Gasteiger partial charge >= 0.3 is 0 Å². The molecule has 1 aliphatic rings. The molecule has 1 aliphatic heterocycles. The summed E-state index contributed by atoms with van der Waals surface area (Å²) in [5.41, 5.74) is 1.01. The van der Waals surface area contributed by atoms with Crippen molar-refractivity contribution in [1.82, 2.24) is 15.6 Å². The summed E-state index contributed by atoms with van der Waals surface area (Å²) in [5, 5.41) is 7.37. The average Bonchev–Trinajstić information content (AvgIpc) is 2.87. The molecule has 1 aromatic heterocycles. The number of carbonyl (C=O) groups is 1. The van der Waals surface area contributed by atoms with E-state index in [1.54, 1.807) is 11.3 Å². The Kier molecular flexibility index (Phi) is 3.98. The van der Waals surface area contributed by atoms with Crippen molar-refractivity contribution in [2.75, 3.05) is 6.54 Å². The number of para-hydroxylation sites is 1. The van der Waals surface area contributed by atoms with Gasteiger partial charge in [0.1, 0.15) is 5.01 Å². The summed E-state index contributed by atoms with van der Waals surface area (Å²) in [6.07, 6.45) is 1.85. The Balaban J connectivity index is 1.59. The number of benzene rings is 1. The van der Waals surface area contributed by atoms with Gasteiger partial charge in [-0.25, -0.2) is 4.98 Å². The molecule has 0 spiro atoms. The number of nitrogens with one attached hydrogen (secondary N) is 2. The normalized spacial score (nSPS) is 22.9. The fourth-order valence-electron chi connectivity index (χ4n) is 2.67. The van der Waals surface area contributed by atoms with Gasteiger partial charge in [-0.3, -0.25) is 4.79 Å². The topological polar surface area (TPSA) is 54.0 Å². The van der Waals surface area contributed by atoms with E-state index < -0.39 is 0 Å². The highest BCUT2D eigenvalue weighted by Gasteiger charge is 2.24. The lowest BCUT2D eigenvalue weighted by molar-refractivity contribution is -0.126.